The Hall–Kier alpha value is -5.64. The maximum absolute atomic E-state index is 2.43. The van der Waals surface area contributed by atoms with Gasteiger partial charge in [0.05, 0.1) is 22.1 Å². The van der Waals surface area contributed by atoms with Crippen LogP contribution in [-0.4, -0.2) is 9.13 Å². The Morgan fingerprint density at radius 1 is 0.311 bits per heavy atom. The fourth-order valence-corrected chi connectivity index (χ4v) is 8.41. The van der Waals surface area contributed by atoms with Crippen LogP contribution in [0.25, 0.3) is 86.3 Å². The van der Waals surface area contributed by atoms with Gasteiger partial charge in [0.1, 0.15) is 0 Å². The second-order valence-electron chi connectivity index (χ2n) is 11.8. The average molecular weight is 591 g/mol. The van der Waals surface area contributed by atoms with Gasteiger partial charge in [-0.2, -0.15) is 0 Å². The highest BCUT2D eigenvalue weighted by Gasteiger charge is 2.17. The van der Waals surface area contributed by atoms with E-state index in [1.165, 1.54) is 74.9 Å². The largest absolute Gasteiger partial charge is 0.309 e. The number of hydrogen-bond acceptors (Lipinski definition) is 1. The summed E-state index contributed by atoms with van der Waals surface area (Å²) in [5.74, 6) is 0. The lowest BCUT2D eigenvalue weighted by Gasteiger charge is -2.16. The first-order chi connectivity index (χ1) is 22.3. The highest BCUT2D eigenvalue weighted by Crippen LogP contribution is 2.40. The average Bonchev–Trinajstić information content (AvgIpc) is 3.75. The molecule has 7 aromatic carbocycles. The Balaban J connectivity index is 1.32. The highest BCUT2D eigenvalue weighted by molar-refractivity contribution is 7.25. The smallest absolute Gasteiger partial charge is 0.0541 e. The molecule has 0 fully saturated rings. The van der Waals surface area contributed by atoms with E-state index in [1.54, 1.807) is 0 Å². The van der Waals surface area contributed by atoms with Crippen molar-refractivity contribution in [3.63, 3.8) is 0 Å². The van der Waals surface area contributed by atoms with Gasteiger partial charge in [-0.25, -0.2) is 0 Å². The molecule has 10 aromatic rings. The second kappa shape index (κ2) is 9.43. The van der Waals surface area contributed by atoms with E-state index in [2.05, 4.69) is 167 Å². The van der Waals surface area contributed by atoms with Crippen molar-refractivity contribution in [2.75, 3.05) is 0 Å². The molecule has 0 aliphatic heterocycles. The van der Waals surface area contributed by atoms with E-state index in [0.29, 0.717) is 0 Å². The summed E-state index contributed by atoms with van der Waals surface area (Å²) in [5.41, 5.74) is 9.56. The van der Waals surface area contributed by atoms with Gasteiger partial charge in [0.2, 0.25) is 0 Å². The Morgan fingerprint density at radius 2 is 0.733 bits per heavy atom. The van der Waals surface area contributed by atoms with Crippen LogP contribution < -0.4 is 0 Å². The molecule has 0 radical (unpaired) electrons. The van der Waals surface area contributed by atoms with E-state index in [-0.39, 0.29) is 0 Å². The lowest BCUT2D eigenvalue weighted by molar-refractivity contribution is 1.13. The predicted octanol–water partition coefficient (Wildman–Crippen LogP) is 11.9. The van der Waals surface area contributed by atoms with E-state index in [9.17, 15) is 0 Å². The van der Waals surface area contributed by atoms with E-state index in [0.717, 1.165) is 11.4 Å². The number of fused-ring (bicyclic) bond motifs is 9. The van der Waals surface area contributed by atoms with Crippen molar-refractivity contribution in [1.82, 2.24) is 9.13 Å². The molecule has 3 heteroatoms. The molecule has 0 saturated carbocycles. The van der Waals surface area contributed by atoms with Crippen molar-refractivity contribution in [2.45, 2.75) is 0 Å². The lowest BCUT2D eigenvalue weighted by Crippen LogP contribution is -2.00. The Morgan fingerprint density at radius 3 is 1.24 bits per heavy atom. The molecule has 0 aliphatic rings. The molecule has 3 aromatic heterocycles. The van der Waals surface area contributed by atoms with Crippen molar-refractivity contribution < 1.29 is 0 Å². The quantitative estimate of drug-likeness (QED) is 0.194. The molecule has 0 saturated heterocycles. The van der Waals surface area contributed by atoms with Crippen LogP contribution in [0.3, 0.4) is 0 Å². The molecule has 0 N–H and O–H groups in total. The standard InChI is InChI=1S/C42H26N2S/c1-6-16-37-31(11-1)32-12-2-7-17-38(32)43(37)29-23-28(27-21-22-42-36(25-27)35-15-5-10-20-41(35)45-42)24-30(26-29)44-39-18-8-3-13-33(39)34-14-4-9-19-40(34)44/h1-26H. The van der Waals surface area contributed by atoms with Gasteiger partial charge in [0.15, 0.2) is 0 Å². The van der Waals surface area contributed by atoms with Crippen LogP contribution in [0, 0.1) is 0 Å². The van der Waals surface area contributed by atoms with E-state index < -0.39 is 0 Å². The van der Waals surface area contributed by atoms with Crippen molar-refractivity contribution >= 4 is 75.1 Å². The first kappa shape index (κ1) is 24.8. The molecule has 45 heavy (non-hydrogen) atoms. The number of aromatic nitrogens is 2. The topological polar surface area (TPSA) is 9.86 Å². The summed E-state index contributed by atoms with van der Waals surface area (Å²) in [4.78, 5) is 0. The Kier molecular flexibility index (Phi) is 5.19. The minimum atomic E-state index is 1.15. The number of hydrogen-bond donors (Lipinski definition) is 0. The summed E-state index contributed by atoms with van der Waals surface area (Å²) in [7, 11) is 0. The normalized spacial score (nSPS) is 12.0. The minimum absolute atomic E-state index is 1.15. The van der Waals surface area contributed by atoms with Gasteiger partial charge in [-0.15, -0.1) is 11.3 Å². The molecule has 10 rings (SSSR count). The molecular weight excluding hydrogens is 565 g/mol. The van der Waals surface area contributed by atoms with Crippen LogP contribution in [0.15, 0.2) is 158 Å². The number of para-hydroxylation sites is 4. The summed E-state index contributed by atoms with van der Waals surface area (Å²) in [6.45, 7) is 0. The van der Waals surface area contributed by atoms with Crippen molar-refractivity contribution in [2.24, 2.45) is 0 Å². The van der Waals surface area contributed by atoms with Crippen molar-refractivity contribution in [1.29, 1.82) is 0 Å². The maximum atomic E-state index is 2.43. The summed E-state index contributed by atoms with van der Waals surface area (Å²) in [6.07, 6.45) is 0. The maximum Gasteiger partial charge on any atom is 0.0541 e. The molecule has 0 aliphatic carbocycles. The first-order valence-corrected chi connectivity index (χ1v) is 16.2. The van der Waals surface area contributed by atoms with Crippen LogP contribution >= 0.6 is 11.3 Å². The zero-order valence-corrected chi connectivity index (χ0v) is 25.1. The monoisotopic (exact) mass is 590 g/mol. The number of rotatable bonds is 3. The van der Waals surface area contributed by atoms with Crippen molar-refractivity contribution in [3.05, 3.63) is 158 Å². The van der Waals surface area contributed by atoms with E-state index in [1.807, 2.05) is 11.3 Å². The molecule has 3 heterocycles. The van der Waals surface area contributed by atoms with Gasteiger partial charge in [-0.1, -0.05) is 97.1 Å². The second-order valence-corrected chi connectivity index (χ2v) is 12.9. The molecule has 2 nitrogen and oxygen atoms in total. The third-order valence-corrected chi connectivity index (χ3v) is 10.4. The zero-order valence-electron chi connectivity index (χ0n) is 24.3. The van der Waals surface area contributed by atoms with Crippen LogP contribution in [0.5, 0.6) is 0 Å². The minimum Gasteiger partial charge on any atom is -0.309 e. The number of benzene rings is 7. The van der Waals surface area contributed by atoms with Gasteiger partial charge in [-0.05, 0) is 71.8 Å². The molecule has 0 atom stereocenters. The van der Waals surface area contributed by atoms with Gasteiger partial charge < -0.3 is 9.13 Å². The van der Waals surface area contributed by atoms with E-state index >= 15 is 0 Å². The van der Waals surface area contributed by atoms with Gasteiger partial charge >= 0.3 is 0 Å². The van der Waals surface area contributed by atoms with E-state index in [4.69, 9.17) is 0 Å². The third kappa shape index (κ3) is 3.62. The summed E-state index contributed by atoms with van der Waals surface area (Å²) < 4.78 is 7.52. The van der Waals surface area contributed by atoms with Gasteiger partial charge in [0.25, 0.3) is 0 Å². The first-order valence-electron chi connectivity index (χ1n) is 15.4. The number of thiophene rings is 1. The summed E-state index contributed by atoms with van der Waals surface area (Å²) in [5, 5.41) is 7.70. The molecule has 0 unspecified atom stereocenters. The molecule has 0 amide bonds. The van der Waals surface area contributed by atoms with Crippen molar-refractivity contribution in [3.8, 4) is 22.5 Å². The summed E-state index contributed by atoms with van der Waals surface area (Å²) >= 11 is 1.87. The SMILES string of the molecule is c1ccc2c(c1)sc1ccc(-c3cc(-n4c5ccccc5c5ccccc54)cc(-n4c5ccccc5c5ccccc54)c3)cc12. The Labute approximate surface area is 263 Å². The van der Waals surface area contributed by atoms with Crippen LogP contribution in [0.1, 0.15) is 0 Å². The lowest BCUT2D eigenvalue weighted by atomic mass is 10.0. The molecule has 0 bridgehead atoms. The van der Waals surface area contributed by atoms with Gasteiger partial charge in [-0.3, -0.25) is 0 Å². The Bertz CT molecular complexity index is 2530. The fourth-order valence-electron chi connectivity index (χ4n) is 7.33. The van der Waals surface area contributed by atoms with Crippen LogP contribution in [0.2, 0.25) is 0 Å². The molecular formula is C42H26N2S. The molecule has 210 valence electrons. The third-order valence-electron chi connectivity index (χ3n) is 9.29. The number of nitrogens with zero attached hydrogens (tertiary/aromatic N) is 2. The fraction of sp³-hybridized carbons (Fsp3) is 0. The zero-order chi connectivity index (χ0) is 29.5. The van der Waals surface area contributed by atoms with Gasteiger partial charge in [0, 0.05) is 53.1 Å². The highest BCUT2D eigenvalue weighted by atomic mass is 32.1. The van der Waals surface area contributed by atoms with Crippen LogP contribution in [0.4, 0.5) is 0 Å². The summed E-state index contributed by atoms with van der Waals surface area (Å²) in [6, 6.07) is 57.9. The van der Waals surface area contributed by atoms with Crippen LogP contribution in [-0.2, 0) is 0 Å². The molecule has 0 spiro atoms. The predicted molar refractivity (Wildman–Crippen MR) is 193 cm³/mol.